The lowest BCUT2D eigenvalue weighted by Crippen LogP contribution is -2.30. The first kappa shape index (κ1) is 18.3. The van der Waals surface area contributed by atoms with Crippen molar-refractivity contribution in [2.45, 2.75) is 39.2 Å². The average molecular weight is 333 g/mol. The smallest absolute Gasteiger partial charge is 0.244 e. The number of hydrogen-bond donors (Lipinski definition) is 1. The Morgan fingerprint density at radius 3 is 2.92 bits per heavy atom. The SMILES string of the molecule is CCCOc1ccc(/C=C/C(=O)NCC2CCCO2)cc1OCC. The lowest BCUT2D eigenvalue weighted by molar-refractivity contribution is -0.116. The van der Waals surface area contributed by atoms with Gasteiger partial charge in [0.15, 0.2) is 11.5 Å². The summed E-state index contributed by atoms with van der Waals surface area (Å²) in [6.07, 6.45) is 6.49. The van der Waals surface area contributed by atoms with Gasteiger partial charge in [-0.3, -0.25) is 4.79 Å². The highest BCUT2D eigenvalue weighted by Gasteiger charge is 2.15. The van der Waals surface area contributed by atoms with Crippen LogP contribution < -0.4 is 14.8 Å². The zero-order valence-corrected chi connectivity index (χ0v) is 14.5. The Bertz CT molecular complexity index is 550. The molecule has 0 aromatic heterocycles. The van der Waals surface area contributed by atoms with E-state index in [1.54, 1.807) is 6.08 Å². The van der Waals surface area contributed by atoms with E-state index in [2.05, 4.69) is 12.2 Å². The van der Waals surface area contributed by atoms with Crippen LogP contribution in [0, 0.1) is 0 Å². The fourth-order valence-corrected chi connectivity index (χ4v) is 2.48. The van der Waals surface area contributed by atoms with Crippen LogP contribution in [0.15, 0.2) is 24.3 Å². The molecule has 0 bridgehead atoms. The molecule has 1 unspecified atom stereocenters. The summed E-state index contributed by atoms with van der Waals surface area (Å²) < 4.78 is 16.8. The number of ether oxygens (including phenoxy) is 3. The first-order chi connectivity index (χ1) is 11.7. The number of amides is 1. The van der Waals surface area contributed by atoms with Gasteiger partial charge in [-0.05, 0) is 50.0 Å². The van der Waals surface area contributed by atoms with Gasteiger partial charge in [0.25, 0.3) is 0 Å². The normalized spacial score (nSPS) is 17.2. The number of rotatable bonds is 9. The van der Waals surface area contributed by atoms with Crippen LogP contribution >= 0.6 is 0 Å². The summed E-state index contributed by atoms with van der Waals surface area (Å²) in [5, 5.41) is 2.87. The molecule has 1 saturated heterocycles. The molecule has 132 valence electrons. The molecule has 0 radical (unpaired) electrons. The number of carbonyl (C=O) groups excluding carboxylic acids is 1. The molecule has 1 aliphatic heterocycles. The summed E-state index contributed by atoms with van der Waals surface area (Å²) in [7, 11) is 0. The molecule has 0 spiro atoms. The van der Waals surface area contributed by atoms with Gasteiger partial charge < -0.3 is 19.5 Å². The highest BCUT2D eigenvalue weighted by atomic mass is 16.5. The number of nitrogens with one attached hydrogen (secondary N) is 1. The minimum absolute atomic E-state index is 0.116. The first-order valence-electron chi connectivity index (χ1n) is 8.70. The van der Waals surface area contributed by atoms with E-state index in [9.17, 15) is 4.79 Å². The first-order valence-corrected chi connectivity index (χ1v) is 8.70. The van der Waals surface area contributed by atoms with Crippen molar-refractivity contribution in [3.05, 3.63) is 29.8 Å². The Morgan fingerprint density at radius 2 is 2.21 bits per heavy atom. The topological polar surface area (TPSA) is 56.8 Å². The Labute approximate surface area is 144 Å². The molecule has 5 heteroatoms. The van der Waals surface area contributed by atoms with Crippen LogP contribution in [-0.4, -0.2) is 38.4 Å². The fraction of sp³-hybridized carbons (Fsp3) is 0.526. The summed E-state index contributed by atoms with van der Waals surface area (Å²) in [5.74, 6) is 1.32. The Balaban J connectivity index is 1.92. The van der Waals surface area contributed by atoms with Crippen molar-refractivity contribution in [2.75, 3.05) is 26.4 Å². The lowest BCUT2D eigenvalue weighted by Gasteiger charge is -2.12. The molecular weight excluding hydrogens is 306 g/mol. The van der Waals surface area contributed by atoms with Gasteiger partial charge in [-0.1, -0.05) is 13.0 Å². The van der Waals surface area contributed by atoms with Gasteiger partial charge in [0.1, 0.15) is 0 Å². The second kappa shape index (κ2) is 9.98. The van der Waals surface area contributed by atoms with Gasteiger partial charge >= 0.3 is 0 Å². The van der Waals surface area contributed by atoms with Gasteiger partial charge in [0.05, 0.1) is 19.3 Å². The predicted molar refractivity (Wildman–Crippen MR) is 94.4 cm³/mol. The monoisotopic (exact) mass is 333 g/mol. The van der Waals surface area contributed by atoms with Gasteiger partial charge in [-0.2, -0.15) is 0 Å². The quantitative estimate of drug-likeness (QED) is 0.705. The Morgan fingerprint density at radius 1 is 1.33 bits per heavy atom. The zero-order valence-electron chi connectivity index (χ0n) is 14.5. The van der Waals surface area contributed by atoms with Crippen LogP contribution in [0.4, 0.5) is 0 Å². The average Bonchev–Trinajstić information content (AvgIpc) is 3.11. The summed E-state index contributed by atoms with van der Waals surface area (Å²) in [5.41, 5.74) is 0.898. The van der Waals surface area contributed by atoms with Crippen LogP contribution in [0.3, 0.4) is 0 Å². The van der Waals surface area contributed by atoms with E-state index in [-0.39, 0.29) is 12.0 Å². The highest BCUT2D eigenvalue weighted by molar-refractivity contribution is 5.91. The molecule has 24 heavy (non-hydrogen) atoms. The minimum Gasteiger partial charge on any atom is -0.490 e. The van der Waals surface area contributed by atoms with Crippen molar-refractivity contribution in [2.24, 2.45) is 0 Å². The predicted octanol–water partition coefficient (Wildman–Crippen LogP) is 3.18. The highest BCUT2D eigenvalue weighted by Crippen LogP contribution is 2.29. The fourth-order valence-electron chi connectivity index (χ4n) is 2.48. The van der Waals surface area contributed by atoms with Crippen LogP contribution in [0.1, 0.15) is 38.7 Å². The Hall–Kier alpha value is -2.01. The maximum absolute atomic E-state index is 11.9. The molecule has 1 fully saturated rings. The second-order valence-corrected chi connectivity index (χ2v) is 5.70. The standard InChI is InChI=1S/C19H27NO4/c1-3-11-24-17-9-7-15(13-18(17)22-4-2)8-10-19(21)20-14-16-6-5-12-23-16/h7-10,13,16H,3-6,11-12,14H2,1-2H3,(H,20,21)/b10-8+. The Kier molecular flexibility index (Phi) is 7.62. The molecule has 1 N–H and O–H groups in total. The lowest BCUT2D eigenvalue weighted by atomic mass is 10.2. The van der Waals surface area contributed by atoms with Crippen molar-refractivity contribution < 1.29 is 19.0 Å². The summed E-state index contributed by atoms with van der Waals surface area (Å²) in [6, 6.07) is 5.68. The van der Waals surface area contributed by atoms with E-state index in [0.717, 1.165) is 37.2 Å². The van der Waals surface area contributed by atoms with Crippen molar-refractivity contribution in [1.82, 2.24) is 5.32 Å². The summed E-state index contributed by atoms with van der Waals surface area (Å²) in [4.78, 5) is 11.9. The van der Waals surface area contributed by atoms with Crippen LogP contribution in [0.5, 0.6) is 11.5 Å². The summed E-state index contributed by atoms with van der Waals surface area (Å²) >= 11 is 0. The van der Waals surface area contributed by atoms with E-state index >= 15 is 0 Å². The zero-order chi connectivity index (χ0) is 17.2. The molecule has 1 heterocycles. The number of benzene rings is 1. The van der Waals surface area contributed by atoms with Crippen molar-refractivity contribution >= 4 is 12.0 Å². The summed E-state index contributed by atoms with van der Waals surface area (Å²) in [6.45, 7) is 6.58. The minimum atomic E-state index is -0.116. The van der Waals surface area contributed by atoms with Crippen molar-refractivity contribution in [3.63, 3.8) is 0 Å². The molecular formula is C19H27NO4. The van der Waals surface area contributed by atoms with Crippen molar-refractivity contribution in [1.29, 1.82) is 0 Å². The van der Waals surface area contributed by atoms with E-state index in [1.807, 2.05) is 25.1 Å². The second-order valence-electron chi connectivity index (χ2n) is 5.70. The third-order valence-corrected chi connectivity index (χ3v) is 3.68. The van der Waals surface area contributed by atoms with E-state index in [4.69, 9.17) is 14.2 Å². The van der Waals surface area contributed by atoms with E-state index < -0.39 is 0 Å². The largest absolute Gasteiger partial charge is 0.490 e. The van der Waals surface area contributed by atoms with Crippen LogP contribution in [-0.2, 0) is 9.53 Å². The third kappa shape index (κ3) is 5.89. The molecule has 1 amide bonds. The molecule has 0 saturated carbocycles. The molecule has 5 nitrogen and oxygen atoms in total. The van der Waals surface area contributed by atoms with Gasteiger partial charge in [-0.15, -0.1) is 0 Å². The van der Waals surface area contributed by atoms with Gasteiger partial charge in [0.2, 0.25) is 5.91 Å². The molecule has 1 aliphatic rings. The third-order valence-electron chi connectivity index (χ3n) is 3.68. The molecule has 0 aliphatic carbocycles. The molecule has 1 aromatic rings. The molecule has 1 atom stereocenters. The van der Waals surface area contributed by atoms with E-state index in [0.29, 0.717) is 25.5 Å². The molecule has 1 aromatic carbocycles. The van der Waals surface area contributed by atoms with Crippen molar-refractivity contribution in [3.8, 4) is 11.5 Å². The van der Waals surface area contributed by atoms with E-state index in [1.165, 1.54) is 6.08 Å². The van der Waals surface area contributed by atoms with Gasteiger partial charge in [-0.25, -0.2) is 0 Å². The van der Waals surface area contributed by atoms with Crippen LogP contribution in [0.25, 0.3) is 6.08 Å². The number of carbonyl (C=O) groups is 1. The maximum Gasteiger partial charge on any atom is 0.244 e. The molecule has 2 rings (SSSR count). The number of hydrogen-bond acceptors (Lipinski definition) is 4. The maximum atomic E-state index is 11.9. The van der Waals surface area contributed by atoms with Gasteiger partial charge in [0, 0.05) is 19.2 Å². The van der Waals surface area contributed by atoms with Crippen LogP contribution in [0.2, 0.25) is 0 Å².